The number of nitrogens with zero attached hydrogens (tertiary/aromatic N) is 3. The Morgan fingerprint density at radius 1 is 1.53 bits per heavy atom. The summed E-state index contributed by atoms with van der Waals surface area (Å²) in [5, 5.41) is 8.52. The first-order chi connectivity index (χ1) is 8.25. The average Bonchev–Trinajstić information content (AvgIpc) is 2.38. The fourth-order valence-corrected chi connectivity index (χ4v) is 1.91. The number of anilines is 1. The molecular formula is C11H15N3O3. The largest absolute Gasteiger partial charge is 0.480 e. The van der Waals surface area contributed by atoms with E-state index in [-0.39, 0.29) is 12.7 Å². The molecule has 0 bridgehead atoms. The van der Waals surface area contributed by atoms with Crippen molar-refractivity contribution in [3.8, 4) is 0 Å². The predicted molar refractivity (Wildman–Crippen MR) is 60.9 cm³/mol. The fourth-order valence-electron chi connectivity index (χ4n) is 1.91. The first-order valence-electron chi connectivity index (χ1n) is 5.60. The molecule has 6 heteroatoms. The highest BCUT2D eigenvalue weighted by atomic mass is 16.5. The lowest BCUT2D eigenvalue weighted by atomic mass is 10.1. The Morgan fingerprint density at radius 3 is 2.88 bits per heavy atom. The van der Waals surface area contributed by atoms with Gasteiger partial charge in [0.1, 0.15) is 18.8 Å². The second kappa shape index (κ2) is 5.58. The smallest absolute Gasteiger partial charge is 0.329 e. The van der Waals surface area contributed by atoms with Crippen molar-refractivity contribution in [2.45, 2.75) is 18.9 Å². The number of aliphatic carboxylic acids is 1. The molecule has 6 nitrogen and oxygen atoms in total. The maximum atomic E-state index is 10.4. The van der Waals surface area contributed by atoms with Crippen LogP contribution in [0.3, 0.4) is 0 Å². The Labute approximate surface area is 99.2 Å². The molecule has 0 radical (unpaired) electrons. The third-order valence-electron chi connectivity index (χ3n) is 2.77. The molecule has 2 rings (SSSR count). The van der Waals surface area contributed by atoms with Gasteiger partial charge in [0.05, 0.1) is 6.10 Å². The number of rotatable bonds is 4. The molecule has 92 valence electrons. The lowest BCUT2D eigenvalue weighted by Gasteiger charge is -2.32. The van der Waals surface area contributed by atoms with E-state index in [9.17, 15) is 4.79 Å². The number of aromatic nitrogens is 2. The molecule has 17 heavy (non-hydrogen) atoms. The van der Waals surface area contributed by atoms with Crippen molar-refractivity contribution in [1.82, 2.24) is 9.97 Å². The Morgan fingerprint density at radius 2 is 2.29 bits per heavy atom. The van der Waals surface area contributed by atoms with Crippen LogP contribution in [0.2, 0.25) is 0 Å². The van der Waals surface area contributed by atoms with Gasteiger partial charge in [0.25, 0.3) is 0 Å². The van der Waals surface area contributed by atoms with Gasteiger partial charge in [0.15, 0.2) is 0 Å². The summed E-state index contributed by atoms with van der Waals surface area (Å²) in [6.45, 7) is 1.46. The SMILES string of the molecule is O=C(O)COC1CCN(c2ccncn2)CC1. The maximum absolute atomic E-state index is 10.4. The van der Waals surface area contributed by atoms with Crippen LogP contribution in [0.1, 0.15) is 12.8 Å². The number of hydrogen-bond acceptors (Lipinski definition) is 5. The quantitative estimate of drug-likeness (QED) is 0.824. The van der Waals surface area contributed by atoms with Crippen LogP contribution >= 0.6 is 0 Å². The molecule has 1 aromatic rings. The third-order valence-corrected chi connectivity index (χ3v) is 2.77. The van der Waals surface area contributed by atoms with Crippen LogP contribution in [0.15, 0.2) is 18.6 Å². The van der Waals surface area contributed by atoms with Crippen LogP contribution in [0.5, 0.6) is 0 Å². The van der Waals surface area contributed by atoms with Crippen molar-refractivity contribution in [2.24, 2.45) is 0 Å². The van der Waals surface area contributed by atoms with Crippen LogP contribution in [0.4, 0.5) is 5.82 Å². The fraction of sp³-hybridized carbons (Fsp3) is 0.545. The number of hydrogen-bond donors (Lipinski definition) is 1. The molecule has 1 aliphatic heterocycles. The zero-order chi connectivity index (χ0) is 12.1. The molecule has 0 saturated carbocycles. The summed E-state index contributed by atoms with van der Waals surface area (Å²) < 4.78 is 5.27. The zero-order valence-electron chi connectivity index (χ0n) is 9.45. The zero-order valence-corrected chi connectivity index (χ0v) is 9.45. The molecule has 1 fully saturated rings. The summed E-state index contributed by atoms with van der Waals surface area (Å²) in [7, 11) is 0. The molecule has 0 aromatic carbocycles. The molecule has 0 aliphatic carbocycles. The van der Waals surface area contributed by atoms with Crippen LogP contribution in [0.25, 0.3) is 0 Å². The number of carbonyl (C=O) groups is 1. The molecule has 1 aromatic heterocycles. The first kappa shape index (κ1) is 11.8. The highest BCUT2D eigenvalue weighted by molar-refractivity contribution is 5.68. The van der Waals surface area contributed by atoms with E-state index < -0.39 is 5.97 Å². The van der Waals surface area contributed by atoms with Gasteiger partial charge in [-0.15, -0.1) is 0 Å². The van der Waals surface area contributed by atoms with Gasteiger partial charge >= 0.3 is 5.97 Å². The highest BCUT2D eigenvalue weighted by Gasteiger charge is 2.20. The predicted octanol–water partition coefficient (Wildman–Crippen LogP) is 0.547. The summed E-state index contributed by atoms with van der Waals surface area (Å²) in [4.78, 5) is 20.6. The minimum Gasteiger partial charge on any atom is -0.480 e. The normalized spacial score (nSPS) is 17.1. The summed E-state index contributed by atoms with van der Waals surface area (Å²) in [6, 6.07) is 1.87. The first-order valence-corrected chi connectivity index (χ1v) is 5.60. The molecule has 0 unspecified atom stereocenters. The topological polar surface area (TPSA) is 75.6 Å². The number of ether oxygens (including phenoxy) is 1. The standard InChI is InChI=1S/C11H15N3O3/c15-11(16)7-17-9-2-5-14(6-3-9)10-1-4-12-8-13-10/h1,4,8-9H,2-3,5-7H2,(H,15,16). The van der Waals surface area contributed by atoms with Gasteiger partial charge in [-0.3, -0.25) is 0 Å². The minimum atomic E-state index is -0.914. The van der Waals surface area contributed by atoms with Gasteiger partial charge in [-0.1, -0.05) is 0 Å². The number of carboxylic acid groups (broad SMARTS) is 1. The van der Waals surface area contributed by atoms with E-state index in [4.69, 9.17) is 9.84 Å². The summed E-state index contributed by atoms with van der Waals surface area (Å²) in [5.41, 5.74) is 0. The number of piperidine rings is 1. The summed E-state index contributed by atoms with van der Waals surface area (Å²) in [6.07, 6.45) is 4.95. The van der Waals surface area contributed by atoms with E-state index in [0.29, 0.717) is 0 Å². The van der Waals surface area contributed by atoms with E-state index in [1.54, 1.807) is 6.20 Å². The molecule has 0 spiro atoms. The Kier molecular flexibility index (Phi) is 3.87. The van der Waals surface area contributed by atoms with E-state index in [1.165, 1.54) is 6.33 Å². The maximum Gasteiger partial charge on any atom is 0.329 e. The second-order valence-electron chi connectivity index (χ2n) is 3.96. The van der Waals surface area contributed by atoms with Crippen LogP contribution in [-0.4, -0.2) is 46.8 Å². The highest BCUT2D eigenvalue weighted by Crippen LogP contribution is 2.18. The van der Waals surface area contributed by atoms with Gasteiger partial charge in [0.2, 0.25) is 0 Å². The van der Waals surface area contributed by atoms with E-state index in [0.717, 1.165) is 31.7 Å². The van der Waals surface area contributed by atoms with Crippen molar-refractivity contribution < 1.29 is 14.6 Å². The van der Waals surface area contributed by atoms with Gasteiger partial charge in [-0.25, -0.2) is 14.8 Å². The van der Waals surface area contributed by atoms with Crippen molar-refractivity contribution in [2.75, 3.05) is 24.6 Å². The second-order valence-corrected chi connectivity index (χ2v) is 3.96. The van der Waals surface area contributed by atoms with E-state index >= 15 is 0 Å². The van der Waals surface area contributed by atoms with Crippen LogP contribution in [-0.2, 0) is 9.53 Å². The Balaban J connectivity index is 1.80. The molecular weight excluding hydrogens is 222 g/mol. The van der Waals surface area contributed by atoms with Crippen LogP contribution < -0.4 is 4.90 Å². The van der Waals surface area contributed by atoms with Gasteiger partial charge < -0.3 is 14.7 Å². The average molecular weight is 237 g/mol. The van der Waals surface area contributed by atoms with Crippen molar-refractivity contribution in [3.05, 3.63) is 18.6 Å². The van der Waals surface area contributed by atoms with Crippen molar-refractivity contribution >= 4 is 11.8 Å². The minimum absolute atomic E-state index is 0.0455. The van der Waals surface area contributed by atoms with E-state index in [1.807, 2.05) is 6.07 Å². The van der Waals surface area contributed by atoms with Gasteiger partial charge in [-0.2, -0.15) is 0 Å². The molecule has 0 atom stereocenters. The van der Waals surface area contributed by atoms with Crippen LogP contribution in [0, 0.1) is 0 Å². The summed E-state index contributed by atoms with van der Waals surface area (Å²) >= 11 is 0. The lowest BCUT2D eigenvalue weighted by molar-refractivity contribution is -0.144. The van der Waals surface area contributed by atoms with Gasteiger partial charge in [0, 0.05) is 19.3 Å². The summed E-state index contributed by atoms with van der Waals surface area (Å²) in [5.74, 6) is -0.0000791. The Hall–Kier alpha value is -1.69. The molecule has 1 N–H and O–H groups in total. The number of carboxylic acids is 1. The monoisotopic (exact) mass is 237 g/mol. The third kappa shape index (κ3) is 3.39. The molecule has 0 amide bonds. The molecule has 1 aliphatic rings. The van der Waals surface area contributed by atoms with E-state index in [2.05, 4.69) is 14.9 Å². The molecule has 1 saturated heterocycles. The van der Waals surface area contributed by atoms with Gasteiger partial charge in [-0.05, 0) is 18.9 Å². The van der Waals surface area contributed by atoms with Crippen molar-refractivity contribution in [1.29, 1.82) is 0 Å². The molecule has 2 heterocycles. The lowest BCUT2D eigenvalue weighted by Crippen LogP contribution is -2.38. The van der Waals surface area contributed by atoms with Crippen molar-refractivity contribution in [3.63, 3.8) is 0 Å². The Bertz CT molecular complexity index is 363.